The van der Waals surface area contributed by atoms with Crippen molar-refractivity contribution in [1.29, 1.82) is 0 Å². The Morgan fingerprint density at radius 3 is 1.75 bits per heavy atom. The van der Waals surface area contributed by atoms with Gasteiger partial charge in [0.2, 0.25) is 0 Å². The van der Waals surface area contributed by atoms with E-state index in [1.807, 2.05) is 77.9 Å². The highest BCUT2D eigenvalue weighted by Crippen LogP contribution is 2.27. The molecule has 0 aliphatic heterocycles. The second-order valence-electron chi connectivity index (χ2n) is 7.79. The fraction of sp³-hybridized carbons (Fsp3) is 0. The molecule has 0 bridgehead atoms. The van der Waals surface area contributed by atoms with Crippen molar-refractivity contribution in [2.24, 2.45) is 0 Å². The molecule has 0 fully saturated rings. The average molecular weight is 421 g/mol. The first-order valence-electron chi connectivity index (χ1n) is 10.3. The Bertz CT molecular complexity index is 1410. The van der Waals surface area contributed by atoms with Gasteiger partial charge in [0.1, 0.15) is 0 Å². The number of hydrogen-bond donors (Lipinski definition) is 5. The van der Waals surface area contributed by atoms with Gasteiger partial charge in [0.25, 0.3) is 0 Å². The van der Waals surface area contributed by atoms with Crippen LogP contribution in [0.3, 0.4) is 0 Å². The van der Waals surface area contributed by atoms with E-state index in [-0.39, 0.29) is 0 Å². The Balaban J connectivity index is 1.53. The molecular weight excluding hydrogens is 396 g/mol. The summed E-state index contributed by atoms with van der Waals surface area (Å²) in [5.41, 5.74) is 29.6. The zero-order valence-corrected chi connectivity index (χ0v) is 17.4. The van der Waals surface area contributed by atoms with E-state index in [9.17, 15) is 0 Å². The lowest BCUT2D eigenvalue weighted by atomic mass is 10.1. The molecule has 0 saturated carbocycles. The van der Waals surface area contributed by atoms with E-state index in [0.717, 1.165) is 50.0 Å². The van der Waals surface area contributed by atoms with Crippen molar-refractivity contribution in [3.8, 4) is 0 Å². The molecule has 5 aromatic carbocycles. The molecule has 0 radical (unpaired) electrons. The maximum atomic E-state index is 5.98. The van der Waals surface area contributed by atoms with E-state index in [4.69, 9.17) is 17.2 Å². The second kappa shape index (κ2) is 7.92. The molecule has 0 saturated heterocycles. The largest absolute Gasteiger partial charge is 0.399 e. The summed E-state index contributed by atoms with van der Waals surface area (Å²) in [6, 6.07) is 31.8. The SMILES string of the molecule is Nc1ccc(NN(Nc2ccc3ccc(N)cc3c2)c2ccc3cc(N)ccc3c2)cc1. The third kappa shape index (κ3) is 4.02. The first kappa shape index (κ1) is 19.4. The molecule has 5 aromatic rings. The van der Waals surface area contributed by atoms with E-state index >= 15 is 0 Å². The minimum atomic E-state index is 0.713. The van der Waals surface area contributed by atoms with Gasteiger partial charge in [-0.05, 0) is 94.3 Å². The number of fused-ring (bicyclic) bond motifs is 2. The van der Waals surface area contributed by atoms with Gasteiger partial charge in [0.15, 0.2) is 0 Å². The molecule has 0 amide bonds. The number of hydrogen-bond acceptors (Lipinski definition) is 6. The Kier molecular flexibility index (Phi) is 4.80. The lowest BCUT2D eigenvalue weighted by Crippen LogP contribution is -2.35. The predicted octanol–water partition coefficient (Wildman–Crippen LogP) is 5.60. The van der Waals surface area contributed by atoms with Crippen LogP contribution in [0.15, 0.2) is 97.1 Å². The molecular formula is C26H24N6. The first-order chi connectivity index (χ1) is 15.5. The molecule has 6 nitrogen and oxygen atoms in total. The summed E-state index contributed by atoms with van der Waals surface area (Å²) in [6.07, 6.45) is 0. The van der Waals surface area contributed by atoms with Crippen molar-refractivity contribution in [2.45, 2.75) is 0 Å². The van der Waals surface area contributed by atoms with E-state index in [1.165, 1.54) is 0 Å². The summed E-state index contributed by atoms with van der Waals surface area (Å²) in [4.78, 5) is 0. The third-order valence-corrected chi connectivity index (χ3v) is 5.36. The van der Waals surface area contributed by atoms with Crippen molar-refractivity contribution in [2.75, 3.05) is 33.2 Å². The third-order valence-electron chi connectivity index (χ3n) is 5.36. The topological polar surface area (TPSA) is 105 Å². The molecule has 8 N–H and O–H groups in total. The number of benzene rings is 5. The van der Waals surface area contributed by atoms with Crippen molar-refractivity contribution in [1.82, 2.24) is 0 Å². The van der Waals surface area contributed by atoms with Crippen LogP contribution < -0.4 is 33.2 Å². The number of nitrogen functional groups attached to an aromatic ring is 3. The minimum absolute atomic E-state index is 0.713. The number of anilines is 6. The molecule has 5 rings (SSSR count). The van der Waals surface area contributed by atoms with Crippen molar-refractivity contribution >= 4 is 55.7 Å². The van der Waals surface area contributed by atoms with Crippen LogP contribution in [0.25, 0.3) is 21.5 Å². The van der Waals surface area contributed by atoms with E-state index in [1.54, 1.807) is 0 Å². The van der Waals surface area contributed by atoms with Crippen LogP contribution in [0.1, 0.15) is 0 Å². The van der Waals surface area contributed by atoms with Crippen molar-refractivity contribution in [3.63, 3.8) is 0 Å². The Hall–Kier alpha value is -4.58. The molecule has 6 heteroatoms. The van der Waals surface area contributed by atoms with Gasteiger partial charge >= 0.3 is 0 Å². The molecule has 32 heavy (non-hydrogen) atoms. The van der Waals surface area contributed by atoms with Gasteiger partial charge in [0, 0.05) is 17.1 Å². The molecule has 0 aromatic heterocycles. The monoisotopic (exact) mass is 420 g/mol. The van der Waals surface area contributed by atoms with Crippen LogP contribution in [-0.2, 0) is 0 Å². The van der Waals surface area contributed by atoms with Crippen LogP contribution in [0.5, 0.6) is 0 Å². The fourth-order valence-electron chi connectivity index (χ4n) is 3.70. The van der Waals surface area contributed by atoms with Gasteiger partial charge in [-0.3, -0.25) is 10.9 Å². The number of nitrogens with one attached hydrogen (secondary N) is 2. The van der Waals surface area contributed by atoms with Crippen LogP contribution in [0.2, 0.25) is 0 Å². The van der Waals surface area contributed by atoms with E-state index in [2.05, 4.69) is 35.1 Å². The number of nitrogens with zero attached hydrogens (tertiary/aromatic N) is 1. The Morgan fingerprint density at radius 2 is 0.969 bits per heavy atom. The highest BCUT2D eigenvalue weighted by atomic mass is 15.7. The Labute approximate surface area is 186 Å². The minimum Gasteiger partial charge on any atom is -0.399 e. The van der Waals surface area contributed by atoms with Crippen molar-refractivity contribution in [3.05, 3.63) is 97.1 Å². The zero-order chi connectivity index (χ0) is 22.1. The van der Waals surface area contributed by atoms with E-state index < -0.39 is 0 Å². The summed E-state index contributed by atoms with van der Waals surface area (Å²) in [6.45, 7) is 0. The smallest absolute Gasteiger partial charge is 0.0817 e. The summed E-state index contributed by atoms with van der Waals surface area (Å²) in [5.74, 6) is 0. The molecule has 0 aliphatic carbocycles. The first-order valence-corrected chi connectivity index (χ1v) is 10.3. The number of nitrogens with two attached hydrogens (primary N) is 3. The van der Waals surface area contributed by atoms with Crippen LogP contribution in [-0.4, -0.2) is 0 Å². The summed E-state index contributed by atoms with van der Waals surface area (Å²) < 4.78 is 0. The molecule has 0 atom stereocenters. The molecule has 158 valence electrons. The lowest BCUT2D eigenvalue weighted by Gasteiger charge is -2.28. The van der Waals surface area contributed by atoms with Crippen LogP contribution in [0, 0.1) is 0 Å². The summed E-state index contributed by atoms with van der Waals surface area (Å²) in [7, 11) is 0. The maximum Gasteiger partial charge on any atom is 0.0817 e. The maximum absolute atomic E-state index is 5.98. The van der Waals surface area contributed by atoms with Crippen molar-refractivity contribution < 1.29 is 0 Å². The van der Waals surface area contributed by atoms with Gasteiger partial charge in [0.05, 0.1) is 17.1 Å². The zero-order valence-electron chi connectivity index (χ0n) is 17.4. The summed E-state index contributed by atoms with van der Waals surface area (Å²) >= 11 is 0. The molecule has 0 spiro atoms. The standard InChI is InChI=1S/C26H24N6/c27-21-7-10-24(11-8-21)30-32(26-12-4-18-13-22(28)6-2-19(18)16-26)31-25-9-3-17-1-5-23(29)14-20(17)15-25/h1-16,30-31H,27-29H2. The highest BCUT2D eigenvalue weighted by molar-refractivity contribution is 5.90. The second-order valence-corrected chi connectivity index (χ2v) is 7.79. The summed E-state index contributed by atoms with van der Waals surface area (Å²) in [5, 5.41) is 6.26. The van der Waals surface area contributed by atoms with Gasteiger partial charge in [-0.15, -0.1) is 0 Å². The van der Waals surface area contributed by atoms with Crippen LogP contribution in [0.4, 0.5) is 34.1 Å². The van der Waals surface area contributed by atoms with Gasteiger partial charge in [-0.1, -0.05) is 24.3 Å². The highest BCUT2D eigenvalue weighted by Gasteiger charge is 2.10. The molecule has 0 aliphatic rings. The fourth-order valence-corrected chi connectivity index (χ4v) is 3.70. The number of rotatable bonds is 5. The number of hydrazine groups is 2. The van der Waals surface area contributed by atoms with Gasteiger partial charge < -0.3 is 17.2 Å². The lowest BCUT2D eigenvalue weighted by molar-refractivity contribution is 1.06. The predicted molar refractivity (Wildman–Crippen MR) is 137 cm³/mol. The normalized spacial score (nSPS) is 10.9. The van der Waals surface area contributed by atoms with Gasteiger partial charge in [-0.25, -0.2) is 0 Å². The molecule has 0 heterocycles. The molecule has 0 unspecified atom stereocenters. The Morgan fingerprint density at radius 1 is 0.438 bits per heavy atom. The van der Waals surface area contributed by atoms with Gasteiger partial charge in [-0.2, -0.15) is 5.12 Å². The van der Waals surface area contributed by atoms with E-state index in [0.29, 0.717) is 5.69 Å². The quantitative estimate of drug-likeness (QED) is 0.187. The van der Waals surface area contributed by atoms with Crippen LogP contribution >= 0.6 is 0 Å². The average Bonchev–Trinajstić information content (AvgIpc) is 2.79.